The summed E-state index contributed by atoms with van der Waals surface area (Å²) in [4.78, 5) is 49.8. The molecule has 2 fully saturated rings. The second-order valence-corrected chi connectivity index (χ2v) is 13.1. The molecule has 2 aromatic rings. The number of aromatic nitrogens is 1. The van der Waals surface area contributed by atoms with Crippen molar-refractivity contribution in [2.24, 2.45) is 10.4 Å². The standard InChI is InChI=1S/C31H36F3N5O5S/c1-5-44-28(41)23-20(36-26(27-35-11-13-45-27)37-24(23)18-8-6-9-19(32)17(18)2)15-38-16-31(33,34)25-21(38)14-22(40)39(25)12-7-10-30(3,4)29(42)43/h6,8-9,11,13,21,24-25H,5,7,10,12,14-16H2,1-4H3,(H,36,37)(H,42,43). The summed E-state index contributed by atoms with van der Waals surface area (Å²) in [5.74, 6) is -5.60. The molecule has 2 saturated heterocycles. The Hall–Kier alpha value is -3.78. The molecule has 3 atom stereocenters. The molecule has 0 radical (unpaired) electrons. The SMILES string of the molecule is CCOC(=O)C1=C(CN2CC(F)(F)C3C2CC(=O)N3CCCC(C)(C)C(=O)O)NC(c2nccs2)=NC1c1cccc(F)c1C. The minimum absolute atomic E-state index is 0.0109. The van der Waals surface area contributed by atoms with Gasteiger partial charge in [0, 0.05) is 42.8 Å². The number of likely N-dealkylation sites (tertiary alicyclic amines) is 2. The highest BCUT2D eigenvalue weighted by atomic mass is 32.1. The van der Waals surface area contributed by atoms with E-state index in [1.165, 1.54) is 33.3 Å². The Bertz CT molecular complexity index is 1540. The van der Waals surface area contributed by atoms with Crippen molar-refractivity contribution in [2.75, 3.05) is 26.2 Å². The number of nitrogens with zero attached hydrogens (tertiary/aromatic N) is 4. The third kappa shape index (κ3) is 6.35. The fourth-order valence-electron chi connectivity index (χ4n) is 6.29. The van der Waals surface area contributed by atoms with E-state index in [1.807, 2.05) is 0 Å². The van der Waals surface area contributed by atoms with Gasteiger partial charge in [0.25, 0.3) is 5.92 Å². The number of carbonyl (C=O) groups is 3. The largest absolute Gasteiger partial charge is 0.481 e. The van der Waals surface area contributed by atoms with Crippen LogP contribution in [0.25, 0.3) is 0 Å². The van der Waals surface area contributed by atoms with Gasteiger partial charge in [-0.25, -0.2) is 22.9 Å². The maximum atomic E-state index is 15.7. The zero-order valence-corrected chi connectivity index (χ0v) is 26.3. The van der Waals surface area contributed by atoms with E-state index in [2.05, 4.69) is 10.3 Å². The van der Waals surface area contributed by atoms with Gasteiger partial charge in [-0.3, -0.25) is 19.5 Å². The van der Waals surface area contributed by atoms with Crippen molar-refractivity contribution < 1.29 is 37.4 Å². The summed E-state index contributed by atoms with van der Waals surface area (Å²) < 4.78 is 51.5. The smallest absolute Gasteiger partial charge is 0.338 e. The van der Waals surface area contributed by atoms with Crippen LogP contribution in [0.3, 0.4) is 0 Å². The molecule has 1 aromatic carbocycles. The molecule has 3 aliphatic rings. The van der Waals surface area contributed by atoms with E-state index in [4.69, 9.17) is 9.73 Å². The first kappa shape index (κ1) is 32.6. The molecule has 1 amide bonds. The molecule has 242 valence electrons. The van der Waals surface area contributed by atoms with Crippen molar-refractivity contribution in [1.29, 1.82) is 0 Å². The molecule has 0 spiro atoms. The van der Waals surface area contributed by atoms with Crippen LogP contribution in [0.1, 0.15) is 62.2 Å². The van der Waals surface area contributed by atoms with E-state index >= 15 is 8.78 Å². The Kier molecular flexibility index (Phi) is 9.09. The normalized spacial score (nSPS) is 23.2. The van der Waals surface area contributed by atoms with Crippen molar-refractivity contribution in [3.8, 4) is 0 Å². The van der Waals surface area contributed by atoms with Crippen LogP contribution in [0.2, 0.25) is 0 Å². The summed E-state index contributed by atoms with van der Waals surface area (Å²) >= 11 is 1.29. The number of nitrogens with one attached hydrogen (secondary N) is 1. The van der Waals surface area contributed by atoms with E-state index in [9.17, 15) is 23.9 Å². The fourth-order valence-corrected chi connectivity index (χ4v) is 6.88. The number of hydrogen-bond donors (Lipinski definition) is 2. The van der Waals surface area contributed by atoms with Crippen molar-refractivity contribution in [2.45, 2.75) is 71.0 Å². The van der Waals surface area contributed by atoms with Crippen molar-refractivity contribution in [1.82, 2.24) is 20.1 Å². The zero-order chi connectivity index (χ0) is 32.7. The lowest BCUT2D eigenvalue weighted by molar-refractivity contribution is -0.147. The second kappa shape index (κ2) is 12.5. The maximum Gasteiger partial charge on any atom is 0.338 e. The molecule has 1 aromatic heterocycles. The van der Waals surface area contributed by atoms with Gasteiger partial charge in [0.15, 0.2) is 10.8 Å². The Morgan fingerprint density at radius 2 is 2.04 bits per heavy atom. The first-order valence-electron chi connectivity index (χ1n) is 14.8. The Morgan fingerprint density at radius 3 is 2.71 bits per heavy atom. The van der Waals surface area contributed by atoms with Crippen LogP contribution >= 0.6 is 11.3 Å². The molecule has 45 heavy (non-hydrogen) atoms. The van der Waals surface area contributed by atoms with Crippen molar-refractivity contribution in [3.05, 3.63) is 63.0 Å². The lowest BCUT2D eigenvalue weighted by atomic mass is 9.88. The second-order valence-electron chi connectivity index (χ2n) is 12.2. The first-order valence-corrected chi connectivity index (χ1v) is 15.7. The third-order valence-corrected chi connectivity index (χ3v) is 9.50. The highest BCUT2D eigenvalue weighted by Gasteiger charge is 2.62. The highest BCUT2D eigenvalue weighted by molar-refractivity contribution is 7.11. The summed E-state index contributed by atoms with van der Waals surface area (Å²) in [6, 6.07) is 1.22. The van der Waals surface area contributed by atoms with Crippen LogP contribution in [0.5, 0.6) is 0 Å². The van der Waals surface area contributed by atoms with E-state index < -0.39 is 59.7 Å². The number of aliphatic carboxylic acids is 1. The predicted molar refractivity (Wildman–Crippen MR) is 160 cm³/mol. The lowest BCUT2D eigenvalue weighted by Crippen LogP contribution is -2.47. The number of alkyl halides is 2. The minimum atomic E-state index is -3.26. The number of benzene rings is 1. The quantitative estimate of drug-likeness (QED) is 0.346. The van der Waals surface area contributed by atoms with Crippen LogP contribution < -0.4 is 5.32 Å². The first-order chi connectivity index (χ1) is 21.2. The number of rotatable bonds is 11. The van der Waals surface area contributed by atoms with Gasteiger partial charge in [-0.2, -0.15) is 0 Å². The minimum Gasteiger partial charge on any atom is -0.481 e. The van der Waals surface area contributed by atoms with E-state index in [0.717, 1.165) is 0 Å². The topological polar surface area (TPSA) is 124 Å². The number of ether oxygens (including phenoxy) is 1. The lowest BCUT2D eigenvalue weighted by Gasteiger charge is -2.31. The molecular weight excluding hydrogens is 611 g/mol. The number of carboxylic acid groups (broad SMARTS) is 1. The number of carbonyl (C=O) groups excluding carboxylic acids is 2. The van der Waals surface area contributed by atoms with Gasteiger partial charge in [-0.05, 0) is 57.7 Å². The number of thiazole rings is 1. The molecule has 3 unspecified atom stereocenters. The summed E-state index contributed by atoms with van der Waals surface area (Å²) in [5.41, 5.74) is -0.0316. The number of carboxylic acids is 1. The number of amides is 1. The molecule has 0 bridgehead atoms. The number of aliphatic imine (C=N–C) groups is 1. The van der Waals surface area contributed by atoms with Crippen LogP contribution in [0, 0.1) is 18.2 Å². The molecular formula is C31H36F3N5O5S. The molecule has 2 N–H and O–H groups in total. The van der Waals surface area contributed by atoms with E-state index in [-0.39, 0.29) is 55.8 Å². The van der Waals surface area contributed by atoms with Crippen molar-refractivity contribution in [3.63, 3.8) is 0 Å². The fraction of sp³-hybridized carbons (Fsp3) is 0.516. The van der Waals surface area contributed by atoms with Gasteiger partial charge in [0.2, 0.25) is 5.91 Å². The van der Waals surface area contributed by atoms with Gasteiger partial charge in [-0.15, -0.1) is 11.3 Å². The van der Waals surface area contributed by atoms with Crippen LogP contribution in [-0.4, -0.2) is 87.8 Å². The maximum absolute atomic E-state index is 15.7. The molecule has 10 nitrogen and oxygen atoms in total. The van der Waals surface area contributed by atoms with Gasteiger partial charge in [0.05, 0.1) is 24.1 Å². The monoisotopic (exact) mass is 647 g/mol. The number of hydrogen-bond acceptors (Lipinski definition) is 9. The predicted octanol–water partition coefficient (Wildman–Crippen LogP) is 4.31. The molecule has 3 aliphatic heterocycles. The number of amidine groups is 1. The van der Waals surface area contributed by atoms with Crippen molar-refractivity contribution >= 4 is 35.0 Å². The van der Waals surface area contributed by atoms with Gasteiger partial charge >= 0.3 is 11.9 Å². The Balaban J connectivity index is 1.49. The molecule has 0 aliphatic carbocycles. The number of fused-ring (bicyclic) bond motifs is 1. The summed E-state index contributed by atoms with van der Waals surface area (Å²) in [5, 5.41) is 14.8. The highest BCUT2D eigenvalue weighted by Crippen LogP contribution is 2.43. The zero-order valence-electron chi connectivity index (χ0n) is 25.5. The van der Waals surface area contributed by atoms with Crippen LogP contribution in [-0.2, 0) is 19.1 Å². The van der Waals surface area contributed by atoms with E-state index in [1.54, 1.807) is 45.3 Å². The Morgan fingerprint density at radius 1 is 1.29 bits per heavy atom. The molecule has 4 heterocycles. The van der Waals surface area contributed by atoms with Crippen LogP contribution in [0.15, 0.2) is 46.0 Å². The van der Waals surface area contributed by atoms with Gasteiger partial charge in [-0.1, -0.05) is 12.1 Å². The average molecular weight is 648 g/mol. The molecule has 14 heteroatoms. The van der Waals surface area contributed by atoms with Crippen LogP contribution in [0.4, 0.5) is 13.2 Å². The molecule has 5 rings (SSSR count). The van der Waals surface area contributed by atoms with Gasteiger partial charge in [0.1, 0.15) is 17.9 Å². The summed E-state index contributed by atoms with van der Waals surface area (Å²) in [7, 11) is 0. The Labute approximate surface area is 263 Å². The van der Waals surface area contributed by atoms with E-state index in [0.29, 0.717) is 16.4 Å². The number of halogens is 3. The van der Waals surface area contributed by atoms with Gasteiger partial charge < -0.3 is 20.1 Å². The average Bonchev–Trinajstić information content (AvgIpc) is 3.67. The third-order valence-electron chi connectivity index (χ3n) is 8.72. The molecule has 0 saturated carbocycles. The summed E-state index contributed by atoms with van der Waals surface area (Å²) in [6.07, 6.45) is 1.91. The summed E-state index contributed by atoms with van der Waals surface area (Å²) in [6.45, 7) is 5.57. The number of esters is 1.